The molecule has 0 amide bonds. The number of aryl methyl sites for hydroxylation is 1. The van der Waals surface area contributed by atoms with Gasteiger partial charge in [0.15, 0.2) is 0 Å². The predicted molar refractivity (Wildman–Crippen MR) is 88.5 cm³/mol. The van der Waals surface area contributed by atoms with Crippen molar-refractivity contribution in [3.63, 3.8) is 0 Å². The van der Waals surface area contributed by atoms with Crippen molar-refractivity contribution >= 4 is 10.8 Å². The van der Waals surface area contributed by atoms with Crippen LogP contribution in [0.3, 0.4) is 0 Å². The van der Waals surface area contributed by atoms with Gasteiger partial charge in [0.2, 0.25) is 0 Å². The van der Waals surface area contributed by atoms with E-state index < -0.39 is 0 Å². The van der Waals surface area contributed by atoms with Gasteiger partial charge in [-0.1, -0.05) is 12.1 Å². The van der Waals surface area contributed by atoms with Crippen LogP contribution in [0.15, 0.2) is 42.5 Å². The van der Waals surface area contributed by atoms with E-state index in [1.54, 1.807) is 6.07 Å². The lowest BCUT2D eigenvalue weighted by atomic mass is 9.99. The molecule has 1 heterocycles. The molecule has 3 rings (SSSR count). The molecule has 114 valence electrons. The number of nitrogens with zero attached hydrogens (tertiary/aromatic N) is 2. The molecule has 0 saturated carbocycles. The van der Waals surface area contributed by atoms with E-state index in [1.165, 1.54) is 0 Å². The molecule has 0 spiro atoms. The van der Waals surface area contributed by atoms with Gasteiger partial charge in [0.25, 0.3) is 0 Å². The van der Waals surface area contributed by atoms with Crippen LogP contribution in [0.25, 0.3) is 22.0 Å². The summed E-state index contributed by atoms with van der Waals surface area (Å²) in [6, 6.07) is 15.2. The van der Waals surface area contributed by atoms with Gasteiger partial charge >= 0.3 is 0 Å². The Morgan fingerprint density at radius 3 is 2.48 bits per heavy atom. The largest absolute Gasteiger partial charge is 0.392 e. The zero-order chi connectivity index (χ0) is 16.4. The van der Waals surface area contributed by atoms with E-state index >= 15 is 0 Å². The summed E-state index contributed by atoms with van der Waals surface area (Å²) in [6.45, 7) is 1.68. The van der Waals surface area contributed by atoms with Gasteiger partial charge in [-0.2, -0.15) is 5.26 Å². The normalized spacial score (nSPS) is 10.7. The summed E-state index contributed by atoms with van der Waals surface area (Å²) in [5, 5.41) is 29.8. The molecule has 0 saturated heterocycles. The minimum Gasteiger partial charge on any atom is -0.392 e. The summed E-state index contributed by atoms with van der Waals surface area (Å²) in [5.74, 6) is 0. The Labute approximate surface area is 134 Å². The predicted octanol–water partition coefficient (Wildman–Crippen LogP) is 3.07. The Morgan fingerprint density at radius 1 is 1.04 bits per heavy atom. The molecule has 0 radical (unpaired) electrons. The van der Waals surface area contributed by atoms with Crippen molar-refractivity contribution in [3.8, 4) is 17.3 Å². The number of aromatic nitrogens is 1. The first-order chi connectivity index (χ1) is 11.2. The van der Waals surface area contributed by atoms with Crippen LogP contribution in [-0.2, 0) is 13.2 Å². The van der Waals surface area contributed by atoms with E-state index in [0.29, 0.717) is 16.7 Å². The third kappa shape index (κ3) is 2.80. The first-order valence-corrected chi connectivity index (χ1v) is 7.31. The Bertz CT molecular complexity index is 927. The van der Waals surface area contributed by atoms with Crippen molar-refractivity contribution in [3.05, 3.63) is 64.8 Å². The van der Waals surface area contributed by atoms with Crippen molar-refractivity contribution < 1.29 is 10.2 Å². The Kier molecular flexibility index (Phi) is 4.07. The lowest BCUT2D eigenvalue weighted by molar-refractivity contribution is 0.260. The number of hydrogen-bond acceptors (Lipinski definition) is 4. The number of rotatable bonds is 3. The molecule has 0 unspecified atom stereocenters. The number of aliphatic hydroxyl groups excluding tert-OH is 2. The van der Waals surface area contributed by atoms with Crippen molar-refractivity contribution in [1.82, 2.24) is 4.98 Å². The molecule has 3 aromatic rings. The first-order valence-electron chi connectivity index (χ1n) is 7.31. The number of pyridine rings is 1. The molecule has 1 aromatic heterocycles. The van der Waals surface area contributed by atoms with Gasteiger partial charge in [-0.3, -0.25) is 4.98 Å². The van der Waals surface area contributed by atoms with Crippen LogP contribution in [0.1, 0.15) is 22.4 Å². The van der Waals surface area contributed by atoms with Crippen LogP contribution in [0.5, 0.6) is 0 Å². The average molecular weight is 304 g/mol. The number of hydrogen-bond donors (Lipinski definition) is 2. The SMILES string of the molecule is Cc1nc(-c2cccc(C#N)c2)cc2cc(CO)c(CO)cc12. The fourth-order valence-corrected chi connectivity index (χ4v) is 2.75. The molecule has 0 aliphatic rings. The van der Waals surface area contributed by atoms with E-state index in [0.717, 1.165) is 27.7 Å². The molecule has 2 aromatic carbocycles. The van der Waals surface area contributed by atoms with Gasteiger partial charge < -0.3 is 10.2 Å². The lowest BCUT2D eigenvalue weighted by Crippen LogP contribution is -1.97. The first kappa shape index (κ1) is 15.2. The van der Waals surface area contributed by atoms with Crippen LogP contribution in [0.2, 0.25) is 0 Å². The highest BCUT2D eigenvalue weighted by Gasteiger charge is 2.09. The quantitative estimate of drug-likeness (QED) is 0.779. The molecular weight excluding hydrogens is 288 g/mol. The van der Waals surface area contributed by atoms with Crippen molar-refractivity contribution in [2.24, 2.45) is 0 Å². The van der Waals surface area contributed by atoms with E-state index in [4.69, 9.17) is 5.26 Å². The topological polar surface area (TPSA) is 77.1 Å². The zero-order valence-corrected chi connectivity index (χ0v) is 12.7. The number of aliphatic hydroxyl groups is 2. The van der Waals surface area contributed by atoms with Gasteiger partial charge in [-0.25, -0.2) is 0 Å². The average Bonchev–Trinajstić information content (AvgIpc) is 2.60. The second-order valence-electron chi connectivity index (χ2n) is 5.44. The minimum absolute atomic E-state index is 0.114. The van der Waals surface area contributed by atoms with E-state index in [2.05, 4.69) is 11.1 Å². The fraction of sp³-hybridized carbons (Fsp3) is 0.158. The molecule has 0 fully saturated rings. The van der Waals surface area contributed by atoms with Crippen LogP contribution in [-0.4, -0.2) is 15.2 Å². The van der Waals surface area contributed by atoms with Gasteiger partial charge in [0.1, 0.15) is 0 Å². The monoisotopic (exact) mass is 304 g/mol. The van der Waals surface area contributed by atoms with Crippen molar-refractivity contribution in [2.75, 3.05) is 0 Å². The standard InChI is InChI=1S/C19H16N2O2/c1-12-18-7-17(11-23)16(10-22)6-15(18)8-19(21-12)14-4-2-3-13(5-14)9-20/h2-8,22-23H,10-11H2,1H3. The van der Waals surface area contributed by atoms with Crippen LogP contribution in [0.4, 0.5) is 0 Å². The fourth-order valence-electron chi connectivity index (χ4n) is 2.75. The Morgan fingerprint density at radius 2 is 1.78 bits per heavy atom. The molecule has 23 heavy (non-hydrogen) atoms. The van der Waals surface area contributed by atoms with Gasteiger partial charge in [0.05, 0.1) is 30.5 Å². The number of nitriles is 1. The molecular formula is C19H16N2O2. The maximum Gasteiger partial charge on any atom is 0.0991 e. The van der Waals surface area contributed by atoms with E-state index in [9.17, 15) is 10.2 Å². The molecule has 0 aliphatic carbocycles. The van der Waals surface area contributed by atoms with Crippen molar-refractivity contribution in [2.45, 2.75) is 20.1 Å². The molecule has 0 atom stereocenters. The maximum atomic E-state index is 9.47. The van der Waals surface area contributed by atoms with Gasteiger partial charge in [-0.05, 0) is 53.8 Å². The molecule has 4 nitrogen and oxygen atoms in total. The molecule has 0 aliphatic heterocycles. The summed E-state index contributed by atoms with van der Waals surface area (Å²) in [5.41, 5.74) is 4.53. The molecule has 0 bridgehead atoms. The third-order valence-corrected chi connectivity index (χ3v) is 3.97. The summed E-state index contributed by atoms with van der Waals surface area (Å²) in [4.78, 5) is 4.62. The van der Waals surface area contributed by atoms with Crippen LogP contribution in [0, 0.1) is 18.3 Å². The Hall–Kier alpha value is -2.74. The number of benzene rings is 2. The molecule has 4 heteroatoms. The zero-order valence-electron chi connectivity index (χ0n) is 12.7. The summed E-state index contributed by atoms with van der Waals surface area (Å²) >= 11 is 0. The second-order valence-corrected chi connectivity index (χ2v) is 5.44. The van der Waals surface area contributed by atoms with Crippen LogP contribution >= 0.6 is 0 Å². The van der Waals surface area contributed by atoms with E-state index in [1.807, 2.05) is 43.3 Å². The minimum atomic E-state index is -0.119. The van der Waals surface area contributed by atoms with Crippen LogP contribution < -0.4 is 0 Å². The highest BCUT2D eigenvalue weighted by atomic mass is 16.3. The third-order valence-electron chi connectivity index (χ3n) is 3.97. The van der Waals surface area contributed by atoms with E-state index in [-0.39, 0.29) is 13.2 Å². The smallest absolute Gasteiger partial charge is 0.0991 e. The van der Waals surface area contributed by atoms with Gasteiger partial charge in [-0.15, -0.1) is 0 Å². The number of fused-ring (bicyclic) bond motifs is 1. The summed E-state index contributed by atoms with van der Waals surface area (Å²) in [7, 11) is 0. The van der Waals surface area contributed by atoms with Crippen molar-refractivity contribution in [1.29, 1.82) is 5.26 Å². The summed E-state index contributed by atoms with van der Waals surface area (Å²) < 4.78 is 0. The van der Waals surface area contributed by atoms with Gasteiger partial charge in [0, 0.05) is 16.6 Å². The second kappa shape index (κ2) is 6.17. The summed E-state index contributed by atoms with van der Waals surface area (Å²) in [6.07, 6.45) is 0. The highest BCUT2D eigenvalue weighted by Crippen LogP contribution is 2.28. The maximum absolute atomic E-state index is 9.47. The highest BCUT2D eigenvalue weighted by molar-refractivity contribution is 5.89. The lowest BCUT2D eigenvalue weighted by Gasteiger charge is -2.11. The Balaban J connectivity index is 2.22. The molecule has 2 N–H and O–H groups in total.